The first-order chi connectivity index (χ1) is 10.5. The van der Waals surface area contributed by atoms with Gasteiger partial charge in [-0.05, 0) is 56.9 Å². The standard InChI is InChI=1S/C16H19N3O3/c1-11-10-14(19-18-11)22-13-6-4-12(5-7-13)17-15(20)16(21)8-2-3-9-16/h4-7,10,21H,2-3,8-9H2,1H3,(H,17,20)(H,18,19). The van der Waals surface area contributed by atoms with Crippen molar-refractivity contribution in [3.8, 4) is 11.6 Å². The van der Waals surface area contributed by atoms with Crippen molar-refractivity contribution in [2.75, 3.05) is 5.32 Å². The minimum Gasteiger partial charge on any atom is -0.438 e. The lowest BCUT2D eigenvalue weighted by atomic mass is 10.0. The number of aryl methyl sites for hydroxylation is 1. The lowest BCUT2D eigenvalue weighted by Gasteiger charge is -2.20. The van der Waals surface area contributed by atoms with Gasteiger partial charge in [0.05, 0.1) is 0 Å². The molecular formula is C16H19N3O3. The number of benzene rings is 1. The molecule has 1 aromatic carbocycles. The summed E-state index contributed by atoms with van der Waals surface area (Å²) < 4.78 is 5.57. The summed E-state index contributed by atoms with van der Waals surface area (Å²) in [7, 11) is 0. The Morgan fingerprint density at radius 1 is 1.32 bits per heavy atom. The van der Waals surface area contributed by atoms with Crippen LogP contribution in [0.3, 0.4) is 0 Å². The first kappa shape index (κ1) is 14.6. The topological polar surface area (TPSA) is 87.2 Å². The molecular weight excluding hydrogens is 282 g/mol. The third kappa shape index (κ3) is 3.12. The van der Waals surface area contributed by atoms with Crippen LogP contribution in [-0.4, -0.2) is 26.8 Å². The molecule has 2 aromatic rings. The number of nitrogens with zero attached hydrogens (tertiary/aromatic N) is 1. The van der Waals surface area contributed by atoms with Crippen LogP contribution in [0.4, 0.5) is 5.69 Å². The molecule has 0 bridgehead atoms. The van der Waals surface area contributed by atoms with Crippen LogP contribution < -0.4 is 10.1 Å². The van der Waals surface area contributed by atoms with E-state index in [9.17, 15) is 9.90 Å². The fourth-order valence-electron chi connectivity index (χ4n) is 2.61. The average molecular weight is 301 g/mol. The van der Waals surface area contributed by atoms with Crippen molar-refractivity contribution in [2.24, 2.45) is 0 Å². The molecule has 6 heteroatoms. The van der Waals surface area contributed by atoms with Gasteiger partial charge in [0.15, 0.2) is 0 Å². The second kappa shape index (κ2) is 5.81. The van der Waals surface area contributed by atoms with Crippen molar-refractivity contribution >= 4 is 11.6 Å². The summed E-state index contributed by atoms with van der Waals surface area (Å²) in [5, 5.41) is 19.8. The molecule has 22 heavy (non-hydrogen) atoms. The van der Waals surface area contributed by atoms with Gasteiger partial charge in [0.1, 0.15) is 11.4 Å². The highest BCUT2D eigenvalue weighted by atomic mass is 16.5. The molecule has 0 radical (unpaired) electrons. The Bertz CT molecular complexity index is 658. The van der Waals surface area contributed by atoms with Crippen LogP contribution in [0.15, 0.2) is 30.3 Å². The van der Waals surface area contributed by atoms with Crippen molar-refractivity contribution in [3.05, 3.63) is 36.0 Å². The number of hydrogen-bond acceptors (Lipinski definition) is 4. The first-order valence-electron chi connectivity index (χ1n) is 7.39. The number of rotatable bonds is 4. The normalized spacial score (nSPS) is 16.5. The number of amides is 1. The molecule has 3 rings (SSSR count). The number of ether oxygens (including phenoxy) is 1. The molecule has 1 aliphatic carbocycles. The number of H-pyrrole nitrogens is 1. The van der Waals surface area contributed by atoms with Gasteiger partial charge in [-0.15, -0.1) is 5.10 Å². The first-order valence-corrected chi connectivity index (χ1v) is 7.39. The molecule has 0 unspecified atom stereocenters. The maximum Gasteiger partial charge on any atom is 0.256 e. The Hall–Kier alpha value is -2.34. The third-order valence-electron chi connectivity index (χ3n) is 3.87. The van der Waals surface area contributed by atoms with E-state index in [2.05, 4.69) is 15.5 Å². The van der Waals surface area contributed by atoms with E-state index < -0.39 is 5.60 Å². The van der Waals surface area contributed by atoms with Crippen molar-refractivity contribution in [3.63, 3.8) is 0 Å². The number of carbonyl (C=O) groups excluding carboxylic acids is 1. The summed E-state index contributed by atoms with van der Waals surface area (Å²) in [6, 6.07) is 8.78. The summed E-state index contributed by atoms with van der Waals surface area (Å²) in [6.07, 6.45) is 2.83. The van der Waals surface area contributed by atoms with Crippen LogP contribution in [0, 0.1) is 6.92 Å². The summed E-state index contributed by atoms with van der Waals surface area (Å²) in [5.41, 5.74) is 0.335. The molecule has 1 fully saturated rings. The van der Waals surface area contributed by atoms with E-state index in [1.54, 1.807) is 30.3 Å². The molecule has 3 N–H and O–H groups in total. The molecule has 1 aliphatic rings. The fourth-order valence-corrected chi connectivity index (χ4v) is 2.61. The lowest BCUT2D eigenvalue weighted by molar-refractivity contribution is -0.133. The van der Waals surface area contributed by atoms with Gasteiger partial charge in [-0.2, -0.15) is 0 Å². The zero-order valence-electron chi connectivity index (χ0n) is 12.4. The Morgan fingerprint density at radius 3 is 2.59 bits per heavy atom. The van der Waals surface area contributed by atoms with Crippen LogP contribution in [-0.2, 0) is 4.79 Å². The van der Waals surface area contributed by atoms with Crippen LogP contribution in [0.1, 0.15) is 31.4 Å². The number of nitrogens with one attached hydrogen (secondary N) is 2. The SMILES string of the molecule is Cc1cc(Oc2ccc(NC(=O)C3(O)CCCC3)cc2)n[nH]1. The van der Waals surface area contributed by atoms with Gasteiger partial charge in [0, 0.05) is 17.4 Å². The minimum absolute atomic E-state index is 0.332. The van der Waals surface area contributed by atoms with Crippen LogP contribution in [0.2, 0.25) is 0 Å². The van der Waals surface area contributed by atoms with Gasteiger partial charge in [-0.1, -0.05) is 0 Å². The Balaban J connectivity index is 1.63. The molecule has 0 atom stereocenters. The molecule has 1 amide bonds. The molecule has 6 nitrogen and oxygen atoms in total. The molecule has 0 aliphatic heterocycles. The number of aromatic amines is 1. The van der Waals surface area contributed by atoms with Crippen molar-refractivity contribution in [1.29, 1.82) is 0 Å². The second-order valence-corrected chi connectivity index (χ2v) is 5.71. The van der Waals surface area contributed by atoms with Crippen molar-refractivity contribution < 1.29 is 14.6 Å². The van der Waals surface area contributed by atoms with Gasteiger partial charge < -0.3 is 15.2 Å². The van der Waals surface area contributed by atoms with E-state index >= 15 is 0 Å². The van der Waals surface area contributed by atoms with E-state index in [-0.39, 0.29) is 5.91 Å². The van der Waals surface area contributed by atoms with Gasteiger partial charge >= 0.3 is 0 Å². The third-order valence-corrected chi connectivity index (χ3v) is 3.87. The maximum atomic E-state index is 12.1. The molecule has 116 valence electrons. The summed E-state index contributed by atoms with van der Waals surface area (Å²) in [6.45, 7) is 1.90. The molecule has 1 saturated carbocycles. The van der Waals surface area contributed by atoms with Crippen LogP contribution >= 0.6 is 0 Å². The number of aliphatic hydroxyl groups is 1. The van der Waals surface area contributed by atoms with Crippen LogP contribution in [0.25, 0.3) is 0 Å². The largest absolute Gasteiger partial charge is 0.438 e. The zero-order valence-corrected chi connectivity index (χ0v) is 12.4. The van der Waals surface area contributed by atoms with Crippen LogP contribution in [0.5, 0.6) is 11.6 Å². The second-order valence-electron chi connectivity index (χ2n) is 5.71. The summed E-state index contributed by atoms with van der Waals surface area (Å²) in [4.78, 5) is 12.1. The molecule has 0 saturated heterocycles. The number of anilines is 1. The predicted octanol–water partition coefficient (Wildman–Crippen LogP) is 2.75. The minimum atomic E-state index is -1.22. The summed E-state index contributed by atoms with van der Waals surface area (Å²) in [5.74, 6) is 0.792. The van der Waals surface area contributed by atoms with E-state index in [0.717, 1.165) is 18.5 Å². The molecule has 1 heterocycles. The number of carbonyl (C=O) groups is 1. The highest BCUT2D eigenvalue weighted by Crippen LogP contribution is 2.31. The smallest absolute Gasteiger partial charge is 0.256 e. The molecule has 1 aromatic heterocycles. The highest BCUT2D eigenvalue weighted by Gasteiger charge is 2.38. The Morgan fingerprint density at radius 2 is 2.00 bits per heavy atom. The van der Waals surface area contributed by atoms with Gasteiger partial charge in [0.2, 0.25) is 5.88 Å². The van der Waals surface area contributed by atoms with E-state index in [4.69, 9.17) is 4.74 Å². The van der Waals surface area contributed by atoms with Gasteiger partial charge in [-0.25, -0.2) is 0 Å². The molecule has 0 spiro atoms. The lowest BCUT2D eigenvalue weighted by Crippen LogP contribution is -2.40. The Kier molecular flexibility index (Phi) is 3.85. The van der Waals surface area contributed by atoms with Crippen molar-refractivity contribution in [2.45, 2.75) is 38.2 Å². The fraction of sp³-hybridized carbons (Fsp3) is 0.375. The van der Waals surface area contributed by atoms with E-state index in [0.29, 0.717) is 30.2 Å². The number of aromatic nitrogens is 2. The van der Waals surface area contributed by atoms with E-state index in [1.165, 1.54) is 0 Å². The summed E-state index contributed by atoms with van der Waals surface area (Å²) >= 11 is 0. The quantitative estimate of drug-likeness (QED) is 0.810. The maximum absolute atomic E-state index is 12.1. The average Bonchev–Trinajstić information content (AvgIpc) is 3.11. The number of hydrogen-bond donors (Lipinski definition) is 3. The van der Waals surface area contributed by atoms with E-state index in [1.807, 2.05) is 6.92 Å². The van der Waals surface area contributed by atoms with Crippen molar-refractivity contribution in [1.82, 2.24) is 10.2 Å². The van der Waals surface area contributed by atoms with Gasteiger partial charge in [0.25, 0.3) is 5.91 Å². The highest BCUT2D eigenvalue weighted by molar-refractivity contribution is 5.97. The monoisotopic (exact) mass is 301 g/mol. The Labute approximate surface area is 128 Å². The predicted molar refractivity (Wildman–Crippen MR) is 81.9 cm³/mol. The zero-order chi connectivity index (χ0) is 15.6. The van der Waals surface area contributed by atoms with Gasteiger partial charge in [-0.3, -0.25) is 9.89 Å².